The maximum atomic E-state index is 13.4. The first-order valence-corrected chi connectivity index (χ1v) is 8.55. The second-order valence-corrected chi connectivity index (χ2v) is 6.32. The molecule has 2 rings (SSSR count). The third-order valence-electron chi connectivity index (χ3n) is 4.06. The van der Waals surface area contributed by atoms with Gasteiger partial charge in [0.05, 0.1) is 12.8 Å². The monoisotopic (exact) mass is 389 g/mol. The fourth-order valence-corrected chi connectivity index (χ4v) is 2.75. The van der Waals surface area contributed by atoms with Gasteiger partial charge in [0.2, 0.25) is 5.91 Å². The molecule has 0 fully saturated rings. The maximum absolute atomic E-state index is 13.4. The largest absolute Gasteiger partial charge is 0.507 e. The summed E-state index contributed by atoms with van der Waals surface area (Å²) in [7, 11) is 0. The number of rotatable bonds is 9. The highest BCUT2D eigenvalue weighted by atomic mass is 19.1. The number of carbonyl (C=O) groups is 3. The van der Waals surface area contributed by atoms with E-state index in [4.69, 9.17) is 10.2 Å². The number of amides is 1. The first-order chi connectivity index (χ1) is 13.2. The number of aromatic hydroxyl groups is 1. The summed E-state index contributed by atoms with van der Waals surface area (Å²) in [5, 5.41) is 30.1. The van der Waals surface area contributed by atoms with Crippen molar-refractivity contribution in [3.63, 3.8) is 0 Å². The van der Waals surface area contributed by atoms with Crippen molar-refractivity contribution in [2.75, 3.05) is 0 Å². The normalized spacial score (nSPS) is 11.6. The van der Waals surface area contributed by atoms with Gasteiger partial charge < -0.3 is 20.6 Å². The van der Waals surface area contributed by atoms with Crippen molar-refractivity contribution in [2.45, 2.75) is 31.7 Å². The van der Waals surface area contributed by atoms with Gasteiger partial charge in [-0.1, -0.05) is 24.3 Å². The number of nitrogens with one attached hydrogen (secondary N) is 1. The lowest BCUT2D eigenvalue weighted by molar-refractivity contribution is -0.140. The number of hydrogen-bond acceptors (Lipinski definition) is 4. The average Bonchev–Trinajstić information content (AvgIpc) is 2.62. The second kappa shape index (κ2) is 9.50. The number of aliphatic carboxylic acids is 2. The number of carbonyl (C=O) groups excluding carboxylic acids is 1. The molecule has 2 aromatic rings. The maximum Gasteiger partial charge on any atom is 0.305 e. The van der Waals surface area contributed by atoms with Crippen molar-refractivity contribution in [1.82, 2.24) is 5.32 Å². The van der Waals surface area contributed by atoms with E-state index in [2.05, 4.69) is 5.32 Å². The smallest absolute Gasteiger partial charge is 0.305 e. The summed E-state index contributed by atoms with van der Waals surface area (Å²) in [6, 6.07) is 9.62. The van der Waals surface area contributed by atoms with Gasteiger partial charge in [0.25, 0.3) is 0 Å². The number of phenols is 1. The van der Waals surface area contributed by atoms with Gasteiger partial charge >= 0.3 is 11.9 Å². The molecule has 0 aliphatic heterocycles. The Balaban J connectivity index is 2.09. The minimum atomic E-state index is -1.11. The molecule has 0 bridgehead atoms. The molecule has 0 spiro atoms. The summed E-state index contributed by atoms with van der Waals surface area (Å²) in [5.74, 6) is -3.29. The molecule has 4 N–H and O–H groups in total. The standard InChI is InChI=1S/C20H20FNO6/c21-14-5-6-17(23)16(10-14)13-3-1-12(2-4-13)9-15(11-20(27)28)22-18(24)7-8-19(25)26/h1-6,10,15,23H,7-9,11H2,(H,22,24)(H,25,26)(H,27,28). The van der Waals surface area contributed by atoms with E-state index < -0.39 is 29.7 Å². The number of phenolic OH excluding ortho intramolecular Hbond substituents is 1. The molecular weight excluding hydrogens is 369 g/mol. The van der Waals surface area contributed by atoms with Gasteiger partial charge in [-0.15, -0.1) is 0 Å². The van der Waals surface area contributed by atoms with E-state index in [1.54, 1.807) is 24.3 Å². The number of benzene rings is 2. The van der Waals surface area contributed by atoms with Gasteiger partial charge in [-0.25, -0.2) is 4.39 Å². The fourth-order valence-electron chi connectivity index (χ4n) is 2.75. The molecule has 28 heavy (non-hydrogen) atoms. The molecule has 0 aliphatic carbocycles. The van der Waals surface area contributed by atoms with E-state index in [1.165, 1.54) is 12.1 Å². The summed E-state index contributed by atoms with van der Waals surface area (Å²) >= 11 is 0. The van der Waals surface area contributed by atoms with Crippen LogP contribution in [-0.2, 0) is 20.8 Å². The van der Waals surface area contributed by atoms with E-state index in [9.17, 15) is 23.9 Å². The highest BCUT2D eigenvalue weighted by Crippen LogP contribution is 2.30. The Morgan fingerprint density at radius 1 is 0.964 bits per heavy atom. The SMILES string of the molecule is O=C(O)CCC(=O)NC(CC(=O)O)Cc1ccc(-c2cc(F)ccc2O)cc1. The van der Waals surface area contributed by atoms with Gasteiger partial charge in [-0.2, -0.15) is 0 Å². The van der Waals surface area contributed by atoms with Crippen LogP contribution in [0.15, 0.2) is 42.5 Å². The molecule has 0 saturated carbocycles. The zero-order valence-electron chi connectivity index (χ0n) is 14.9. The zero-order chi connectivity index (χ0) is 20.7. The Morgan fingerprint density at radius 3 is 2.25 bits per heavy atom. The quantitative estimate of drug-likeness (QED) is 0.523. The minimum Gasteiger partial charge on any atom is -0.507 e. The molecule has 0 saturated heterocycles. The van der Waals surface area contributed by atoms with E-state index in [0.717, 1.165) is 11.6 Å². The van der Waals surface area contributed by atoms with Crippen molar-refractivity contribution in [3.8, 4) is 16.9 Å². The van der Waals surface area contributed by atoms with E-state index in [-0.39, 0.29) is 31.4 Å². The fraction of sp³-hybridized carbons (Fsp3) is 0.250. The van der Waals surface area contributed by atoms with Crippen molar-refractivity contribution in [1.29, 1.82) is 0 Å². The van der Waals surface area contributed by atoms with Gasteiger partial charge in [0.1, 0.15) is 11.6 Å². The summed E-state index contributed by atoms with van der Waals surface area (Å²) in [6.45, 7) is 0. The summed E-state index contributed by atoms with van der Waals surface area (Å²) < 4.78 is 13.4. The summed E-state index contributed by atoms with van der Waals surface area (Å²) in [5.41, 5.74) is 1.64. The number of halogens is 1. The first kappa shape index (κ1) is 20.9. The van der Waals surface area contributed by atoms with Crippen LogP contribution in [0.4, 0.5) is 4.39 Å². The van der Waals surface area contributed by atoms with Gasteiger partial charge in [0.15, 0.2) is 0 Å². The van der Waals surface area contributed by atoms with Crippen LogP contribution >= 0.6 is 0 Å². The predicted molar refractivity (Wildman–Crippen MR) is 98.3 cm³/mol. The Kier molecular flexibility index (Phi) is 7.08. The lowest BCUT2D eigenvalue weighted by Gasteiger charge is -2.17. The highest BCUT2D eigenvalue weighted by Gasteiger charge is 2.17. The molecule has 1 amide bonds. The van der Waals surface area contributed by atoms with Crippen LogP contribution in [0.3, 0.4) is 0 Å². The summed E-state index contributed by atoms with van der Waals surface area (Å²) in [6.07, 6.45) is -0.660. The minimum absolute atomic E-state index is 0.0661. The number of carboxylic acid groups (broad SMARTS) is 2. The Morgan fingerprint density at radius 2 is 1.64 bits per heavy atom. The molecule has 148 valence electrons. The third-order valence-corrected chi connectivity index (χ3v) is 4.06. The second-order valence-electron chi connectivity index (χ2n) is 6.32. The molecule has 0 aliphatic rings. The topological polar surface area (TPSA) is 124 Å². The van der Waals surface area contributed by atoms with Crippen molar-refractivity contribution in [3.05, 3.63) is 53.8 Å². The molecule has 1 unspecified atom stereocenters. The van der Waals surface area contributed by atoms with Crippen molar-refractivity contribution >= 4 is 17.8 Å². The predicted octanol–water partition coefficient (Wildman–Crippen LogP) is 2.57. The average molecular weight is 389 g/mol. The Bertz CT molecular complexity index is 865. The van der Waals surface area contributed by atoms with Crippen molar-refractivity contribution < 1.29 is 34.1 Å². The molecule has 2 aromatic carbocycles. The lowest BCUT2D eigenvalue weighted by Crippen LogP contribution is -2.38. The number of carboxylic acids is 2. The first-order valence-electron chi connectivity index (χ1n) is 8.55. The van der Waals surface area contributed by atoms with Crippen LogP contribution < -0.4 is 5.32 Å². The van der Waals surface area contributed by atoms with Crippen LogP contribution in [-0.4, -0.2) is 39.2 Å². The van der Waals surface area contributed by atoms with Crippen LogP contribution in [0.5, 0.6) is 5.75 Å². The third kappa shape index (κ3) is 6.39. The zero-order valence-corrected chi connectivity index (χ0v) is 14.9. The van der Waals surface area contributed by atoms with Crippen LogP contribution in [0, 0.1) is 5.82 Å². The van der Waals surface area contributed by atoms with Crippen LogP contribution in [0.1, 0.15) is 24.8 Å². The lowest BCUT2D eigenvalue weighted by atomic mass is 9.98. The van der Waals surface area contributed by atoms with Gasteiger partial charge in [-0.05, 0) is 35.7 Å². The van der Waals surface area contributed by atoms with E-state index in [1.807, 2.05) is 0 Å². The van der Waals surface area contributed by atoms with Crippen molar-refractivity contribution in [2.24, 2.45) is 0 Å². The molecule has 8 heteroatoms. The van der Waals surface area contributed by atoms with Gasteiger partial charge in [0, 0.05) is 18.0 Å². The van der Waals surface area contributed by atoms with Gasteiger partial charge in [-0.3, -0.25) is 14.4 Å². The molecular formula is C20H20FNO6. The molecule has 0 radical (unpaired) electrons. The van der Waals surface area contributed by atoms with Crippen LogP contribution in [0.2, 0.25) is 0 Å². The molecule has 7 nitrogen and oxygen atoms in total. The highest BCUT2D eigenvalue weighted by molar-refractivity contribution is 5.81. The Hall–Kier alpha value is -3.42. The molecule has 1 atom stereocenters. The number of hydrogen-bond donors (Lipinski definition) is 4. The van der Waals surface area contributed by atoms with E-state index >= 15 is 0 Å². The van der Waals surface area contributed by atoms with Crippen LogP contribution in [0.25, 0.3) is 11.1 Å². The Labute approximate surface area is 160 Å². The molecule has 0 aromatic heterocycles. The summed E-state index contributed by atoms with van der Waals surface area (Å²) in [4.78, 5) is 33.4. The molecule has 0 heterocycles. The van der Waals surface area contributed by atoms with E-state index in [0.29, 0.717) is 11.1 Å².